The summed E-state index contributed by atoms with van der Waals surface area (Å²) in [6.45, 7) is 1.56. The van der Waals surface area contributed by atoms with E-state index < -0.39 is 21.7 Å². The Kier molecular flexibility index (Phi) is 4.68. The molecule has 0 bridgehead atoms. The van der Waals surface area contributed by atoms with E-state index in [9.17, 15) is 9.59 Å². The number of carbonyl (C=O) groups is 2. The summed E-state index contributed by atoms with van der Waals surface area (Å²) in [5, 5.41) is 17.3. The van der Waals surface area contributed by atoms with Gasteiger partial charge in [-0.15, -0.1) is 0 Å². The normalized spacial score (nSPS) is 11.4. The van der Waals surface area contributed by atoms with Crippen molar-refractivity contribution in [1.29, 1.82) is 5.26 Å². The molecule has 0 fully saturated rings. The minimum atomic E-state index is -1.24. The van der Waals surface area contributed by atoms with E-state index in [-0.39, 0.29) is 10.1 Å². The Balaban J connectivity index is 2.92. The Labute approximate surface area is 105 Å². The number of carboxylic acid groups (broad SMARTS) is 1. The zero-order valence-corrected chi connectivity index (χ0v) is 11.2. The number of aliphatic carboxylic acids is 1. The van der Waals surface area contributed by atoms with Crippen LogP contribution in [0, 0.1) is 11.3 Å². The van der Waals surface area contributed by atoms with Crippen molar-refractivity contribution in [1.82, 2.24) is 0 Å². The first-order chi connectivity index (χ1) is 8.02. The van der Waals surface area contributed by atoms with E-state index in [1.807, 2.05) is 0 Å². The van der Waals surface area contributed by atoms with Crippen LogP contribution >= 0.6 is 0 Å². The summed E-state index contributed by atoms with van der Waals surface area (Å²) in [6, 6.07) is 8.62. The van der Waals surface area contributed by atoms with Gasteiger partial charge in [-0.05, 0) is 0 Å². The van der Waals surface area contributed by atoms with Gasteiger partial charge in [0, 0.05) is 0 Å². The molecule has 0 aliphatic carbocycles. The summed E-state index contributed by atoms with van der Waals surface area (Å²) < 4.78 is 1.18. The molecular weight excluding hydrogens is 281 g/mol. The van der Waals surface area contributed by atoms with Crippen molar-refractivity contribution in [2.24, 2.45) is 0 Å². The number of benzene rings is 1. The predicted octanol–water partition coefficient (Wildman–Crippen LogP) is 0.286. The molecule has 0 spiro atoms. The van der Waals surface area contributed by atoms with Crippen molar-refractivity contribution in [2.75, 3.05) is 0 Å². The third kappa shape index (κ3) is 4.26. The molecule has 0 saturated carbocycles. The second-order valence-corrected chi connectivity index (χ2v) is 6.49. The summed E-state index contributed by atoms with van der Waals surface area (Å²) in [5.41, 5.74) is 0.336. The van der Waals surface area contributed by atoms with Crippen molar-refractivity contribution in [2.45, 2.75) is 6.92 Å². The topological polar surface area (TPSA) is 78.2 Å². The van der Waals surface area contributed by atoms with Gasteiger partial charge in [0.05, 0.1) is 0 Å². The van der Waals surface area contributed by atoms with E-state index in [2.05, 4.69) is 0 Å². The quantitative estimate of drug-likeness (QED) is 0.491. The number of rotatable bonds is 4. The van der Waals surface area contributed by atoms with Gasteiger partial charge in [0.1, 0.15) is 0 Å². The molecule has 1 unspecified atom stereocenters. The number of carboxylic acids is 1. The molecule has 0 aliphatic heterocycles. The minimum absolute atomic E-state index is 0.191. The second kappa shape index (κ2) is 6.03. The van der Waals surface area contributed by atoms with Gasteiger partial charge in [0.2, 0.25) is 0 Å². The zero-order valence-electron chi connectivity index (χ0n) is 9.10. The Morgan fingerprint density at radius 3 is 2.35 bits per heavy atom. The number of carbonyl (C=O) groups excluding carboxylic acids is 1. The molecule has 0 radical (unpaired) electrons. The summed E-state index contributed by atoms with van der Waals surface area (Å²) in [4.78, 5) is 21.6. The Hall–Kier alpha value is -1.85. The second-order valence-electron chi connectivity index (χ2n) is 3.28. The van der Waals surface area contributed by atoms with E-state index in [1.54, 1.807) is 37.3 Å². The van der Waals surface area contributed by atoms with Crippen LogP contribution in [0.4, 0.5) is 0 Å². The molecule has 0 amide bonds. The molecule has 5 heteroatoms. The van der Waals surface area contributed by atoms with Gasteiger partial charge in [-0.3, -0.25) is 0 Å². The maximum atomic E-state index is 10.9. The van der Waals surface area contributed by atoms with Crippen LogP contribution in [0.15, 0.2) is 29.8 Å². The molecule has 0 aromatic heterocycles. The van der Waals surface area contributed by atoms with Crippen LogP contribution in [-0.4, -0.2) is 31.4 Å². The third-order valence-corrected chi connectivity index (χ3v) is 3.94. The van der Waals surface area contributed by atoms with Gasteiger partial charge in [0.25, 0.3) is 0 Å². The van der Waals surface area contributed by atoms with Crippen LogP contribution in [-0.2, 0) is 9.59 Å². The van der Waals surface area contributed by atoms with Crippen LogP contribution in [0.3, 0.4) is 0 Å². The zero-order chi connectivity index (χ0) is 12.8. The van der Waals surface area contributed by atoms with Crippen molar-refractivity contribution < 1.29 is 14.7 Å². The van der Waals surface area contributed by atoms with Crippen LogP contribution in [0.25, 0.3) is 6.08 Å². The summed E-state index contributed by atoms with van der Waals surface area (Å²) in [6.07, 6.45) is 1.31. The van der Waals surface area contributed by atoms with Gasteiger partial charge in [-0.2, -0.15) is 0 Å². The van der Waals surface area contributed by atoms with E-state index in [1.165, 1.54) is 6.08 Å². The van der Waals surface area contributed by atoms with Crippen LogP contribution in [0.5, 0.6) is 0 Å². The average molecular weight is 291 g/mol. The average Bonchev–Trinajstić information content (AvgIpc) is 2.26. The van der Waals surface area contributed by atoms with Crippen LogP contribution < -0.4 is 4.35 Å². The van der Waals surface area contributed by atoms with Gasteiger partial charge in [-0.25, -0.2) is 0 Å². The number of nitriles is 1. The molecule has 1 aromatic carbocycles. The fraction of sp³-hybridized carbons (Fsp3) is 0.0833. The van der Waals surface area contributed by atoms with Gasteiger partial charge < -0.3 is 0 Å². The van der Waals surface area contributed by atoms with Crippen molar-refractivity contribution in [3.05, 3.63) is 35.4 Å². The van der Waals surface area contributed by atoms with E-state index in [0.717, 1.165) is 4.35 Å². The predicted molar refractivity (Wildman–Crippen MR) is 65.1 cm³/mol. The van der Waals surface area contributed by atoms with E-state index in [0.29, 0.717) is 5.56 Å². The van der Waals surface area contributed by atoms with Gasteiger partial charge in [0.15, 0.2) is 0 Å². The van der Waals surface area contributed by atoms with Crippen molar-refractivity contribution in [3.63, 3.8) is 0 Å². The fourth-order valence-electron chi connectivity index (χ4n) is 1.17. The molecule has 1 atom stereocenters. The molecule has 86 valence electrons. The molecule has 0 saturated heterocycles. The number of nitrogens with zero attached hydrogens (tertiary/aromatic N) is 1. The molecule has 0 aliphatic rings. The Morgan fingerprint density at radius 2 is 1.94 bits per heavy atom. The SMILES string of the molecule is CC(=O)[AsH]c1ccc(C=C(C#N)C(=O)O)cc1. The summed E-state index contributed by atoms with van der Waals surface area (Å²) in [5.74, 6) is -1.24. The third-order valence-electron chi connectivity index (χ3n) is 1.89. The molecule has 0 heterocycles. The summed E-state index contributed by atoms with van der Waals surface area (Å²) in [7, 11) is 0. The van der Waals surface area contributed by atoms with Gasteiger partial charge >= 0.3 is 105 Å². The van der Waals surface area contributed by atoms with Crippen molar-refractivity contribution in [3.8, 4) is 6.07 Å². The molecule has 1 aromatic rings. The molecule has 4 nitrogen and oxygen atoms in total. The fourth-order valence-corrected chi connectivity index (χ4v) is 2.73. The standard InChI is InChI=1S/C12H10AsNO3/c1-8(15)13-11-4-2-9(3-5-11)6-10(7-14)12(16)17/h2-6,13H,1H3,(H,16,17). The number of hydrogen-bond acceptors (Lipinski definition) is 3. The van der Waals surface area contributed by atoms with E-state index >= 15 is 0 Å². The van der Waals surface area contributed by atoms with Crippen molar-refractivity contribution >= 4 is 36.7 Å². The Morgan fingerprint density at radius 1 is 1.35 bits per heavy atom. The van der Waals surface area contributed by atoms with Gasteiger partial charge in [-0.1, -0.05) is 0 Å². The summed E-state index contributed by atoms with van der Waals surface area (Å²) >= 11 is -0.758. The maximum absolute atomic E-state index is 10.9. The monoisotopic (exact) mass is 291 g/mol. The number of hydrogen-bond donors (Lipinski definition) is 1. The first kappa shape index (κ1) is 13.2. The Bertz CT molecular complexity index is 512. The molecule has 1 rings (SSSR count). The van der Waals surface area contributed by atoms with E-state index in [4.69, 9.17) is 10.4 Å². The van der Waals surface area contributed by atoms with Crippen LogP contribution in [0.1, 0.15) is 12.5 Å². The first-order valence-corrected chi connectivity index (χ1v) is 6.85. The molecule has 1 N–H and O–H groups in total. The molecular formula is C12H10AsNO3. The molecule has 17 heavy (non-hydrogen) atoms. The first-order valence-electron chi connectivity index (χ1n) is 4.75. The van der Waals surface area contributed by atoms with Crippen LogP contribution in [0.2, 0.25) is 0 Å².